The zero-order chi connectivity index (χ0) is 28.4. The molecule has 0 spiro atoms. The average molecular weight is 572 g/mol. The number of carbonyl (C=O) groups is 2. The van der Waals surface area contributed by atoms with Crippen LogP contribution in [0.5, 0.6) is 5.75 Å². The molecule has 1 N–H and O–H groups in total. The van der Waals surface area contributed by atoms with Crippen LogP contribution < -0.4 is 14.4 Å². The van der Waals surface area contributed by atoms with E-state index in [0.717, 1.165) is 10.7 Å². The Balaban J connectivity index is 1.98. The van der Waals surface area contributed by atoms with E-state index in [9.17, 15) is 18.0 Å². The molecule has 8 nitrogen and oxygen atoms in total. The van der Waals surface area contributed by atoms with Crippen molar-refractivity contribution in [1.29, 1.82) is 0 Å². The normalized spacial score (nSPS) is 11.9. The maximum absolute atomic E-state index is 13.8. The van der Waals surface area contributed by atoms with Crippen LogP contribution in [0.4, 0.5) is 5.69 Å². The SMILES string of the molecule is CCCNC(=O)[C@H](C)N(Cc1cccc(Cl)c1)C(=O)CN(c1ccccc1)S(=O)(=O)c1ccc(OCC)cc1. The third-order valence-corrected chi connectivity index (χ3v) is 8.03. The van der Waals surface area contributed by atoms with Gasteiger partial charge in [-0.3, -0.25) is 13.9 Å². The number of benzene rings is 3. The predicted octanol–water partition coefficient (Wildman–Crippen LogP) is 4.88. The van der Waals surface area contributed by atoms with E-state index in [1.54, 1.807) is 73.7 Å². The number of amides is 2. The lowest BCUT2D eigenvalue weighted by molar-refractivity contribution is -0.139. The van der Waals surface area contributed by atoms with E-state index in [2.05, 4.69) is 5.32 Å². The highest BCUT2D eigenvalue weighted by atomic mass is 35.5. The number of nitrogens with zero attached hydrogens (tertiary/aromatic N) is 2. The topological polar surface area (TPSA) is 96.0 Å². The van der Waals surface area contributed by atoms with Gasteiger partial charge in [-0.1, -0.05) is 48.9 Å². The molecule has 0 aliphatic rings. The molecule has 208 valence electrons. The van der Waals surface area contributed by atoms with E-state index in [4.69, 9.17) is 16.3 Å². The molecular weight excluding hydrogens is 538 g/mol. The average Bonchev–Trinajstić information content (AvgIpc) is 2.93. The molecule has 1 atom stereocenters. The molecule has 3 rings (SSSR count). The number of hydrogen-bond acceptors (Lipinski definition) is 5. The Kier molecular flexibility index (Phi) is 10.8. The molecule has 3 aromatic carbocycles. The molecule has 0 fully saturated rings. The number of para-hydroxylation sites is 1. The number of nitrogens with one attached hydrogen (secondary N) is 1. The summed E-state index contributed by atoms with van der Waals surface area (Å²) < 4.78 is 34.2. The lowest BCUT2D eigenvalue weighted by Crippen LogP contribution is -2.51. The lowest BCUT2D eigenvalue weighted by Gasteiger charge is -2.32. The molecule has 0 unspecified atom stereocenters. The van der Waals surface area contributed by atoms with E-state index in [0.29, 0.717) is 35.2 Å². The van der Waals surface area contributed by atoms with Crippen LogP contribution in [0.3, 0.4) is 0 Å². The summed E-state index contributed by atoms with van der Waals surface area (Å²) >= 11 is 6.16. The molecule has 3 aromatic rings. The van der Waals surface area contributed by atoms with Crippen molar-refractivity contribution in [2.24, 2.45) is 0 Å². The third-order valence-electron chi connectivity index (χ3n) is 6.00. The molecule has 0 heterocycles. The number of hydrogen-bond donors (Lipinski definition) is 1. The van der Waals surface area contributed by atoms with Crippen molar-refractivity contribution >= 4 is 39.1 Å². The molecule has 0 bridgehead atoms. The smallest absolute Gasteiger partial charge is 0.264 e. The highest BCUT2D eigenvalue weighted by Crippen LogP contribution is 2.26. The molecule has 2 amide bonds. The number of rotatable bonds is 13. The van der Waals surface area contributed by atoms with Gasteiger partial charge in [-0.25, -0.2) is 8.42 Å². The van der Waals surface area contributed by atoms with Gasteiger partial charge in [0.05, 0.1) is 17.2 Å². The largest absolute Gasteiger partial charge is 0.494 e. The van der Waals surface area contributed by atoms with Gasteiger partial charge in [-0.15, -0.1) is 0 Å². The highest BCUT2D eigenvalue weighted by molar-refractivity contribution is 7.92. The molecule has 0 aliphatic carbocycles. The fourth-order valence-corrected chi connectivity index (χ4v) is 5.56. The van der Waals surface area contributed by atoms with E-state index in [-0.39, 0.29) is 17.3 Å². The molecule has 0 aromatic heterocycles. The Morgan fingerprint density at radius 3 is 2.28 bits per heavy atom. The van der Waals surface area contributed by atoms with Crippen LogP contribution in [-0.4, -0.2) is 50.9 Å². The minimum absolute atomic E-state index is 0.0118. The van der Waals surface area contributed by atoms with Crippen LogP contribution in [0.2, 0.25) is 5.02 Å². The van der Waals surface area contributed by atoms with E-state index in [1.165, 1.54) is 17.0 Å². The summed E-state index contributed by atoms with van der Waals surface area (Å²) in [6.45, 7) is 5.88. The van der Waals surface area contributed by atoms with Crippen LogP contribution >= 0.6 is 11.6 Å². The van der Waals surface area contributed by atoms with Crippen molar-refractivity contribution in [1.82, 2.24) is 10.2 Å². The molecule has 39 heavy (non-hydrogen) atoms. The fourth-order valence-electron chi connectivity index (χ4n) is 3.94. The summed E-state index contributed by atoms with van der Waals surface area (Å²) in [6, 6.07) is 20.6. The monoisotopic (exact) mass is 571 g/mol. The van der Waals surface area contributed by atoms with E-state index < -0.39 is 28.5 Å². The molecular formula is C29H34ClN3O5S. The van der Waals surface area contributed by atoms with Crippen LogP contribution in [-0.2, 0) is 26.2 Å². The lowest BCUT2D eigenvalue weighted by atomic mass is 10.1. The Hall–Kier alpha value is -3.56. The van der Waals surface area contributed by atoms with Crippen molar-refractivity contribution in [3.05, 3.63) is 89.4 Å². The van der Waals surface area contributed by atoms with E-state index in [1.807, 2.05) is 13.8 Å². The maximum atomic E-state index is 13.8. The standard InChI is InChI=1S/C29H34ClN3O5S/c1-4-18-31-29(35)22(3)32(20-23-10-9-11-24(30)19-23)28(34)21-33(25-12-7-6-8-13-25)39(36,37)27-16-14-26(15-17-27)38-5-2/h6-17,19,22H,4-5,18,20-21H2,1-3H3,(H,31,35)/t22-/m0/s1. The maximum Gasteiger partial charge on any atom is 0.264 e. The van der Waals surface area contributed by atoms with Crippen LogP contribution in [0, 0.1) is 0 Å². The summed E-state index contributed by atoms with van der Waals surface area (Å²) in [5.74, 6) is -0.321. The van der Waals surface area contributed by atoms with Gasteiger partial charge in [-0.05, 0) is 74.4 Å². The zero-order valence-electron chi connectivity index (χ0n) is 22.3. The second kappa shape index (κ2) is 14.0. The Morgan fingerprint density at radius 1 is 0.974 bits per heavy atom. The minimum Gasteiger partial charge on any atom is -0.494 e. The molecule has 0 saturated carbocycles. The van der Waals surface area contributed by atoms with Gasteiger partial charge in [0.2, 0.25) is 11.8 Å². The van der Waals surface area contributed by atoms with Crippen molar-refractivity contribution < 1.29 is 22.7 Å². The molecule has 0 aliphatic heterocycles. The summed E-state index contributed by atoms with van der Waals surface area (Å²) in [6.07, 6.45) is 0.739. The van der Waals surface area contributed by atoms with Crippen molar-refractivity contribution in [3.63, 3.8) is 0 Å². The van der Waals surface area contributed by atoms with Gasteiger partial charge < -0.3 is 15.0 Å². The second-order valence-electron chi connectivity index (χ2n) is 8.87. The minimum atomic E-state index is -4.15. The molecule has 0 radical (unpaired) electrons. The van der Waals surface area contributed by atoms with Gasteiger partial charge in [0.25, 0.3) is 10.0 Å². The summed E-state index contributed by atoms with van der Waals surface area (Å²) in [7, 11) is -4.15. The van der Waals surface area contributed by atoms with Crippen LogP contribution in [0.25, 0.3) is 0 Å². The van der Waals surface area contributed by atoms with Gasteiger partial charge >= 0.3 is 0 Å². The zero-order valence-corrected chi connectivity index (χ0v) is 23.9. The van der Waals surface area contributed by atoms with Gasteiger partial charge in [0, 0.05) is 18.1 Å². The van der Waals surface area contributed by atoms with Gasteiger partial charge in [0.1, 0.15) is 18.3 Å². The van der Waals surface area contributed by atoms with Crippen molar-refractivity contribution in [2.45, 2.75) is 44.7 Å². The van der Waals surface area contributed by atoms with Crippen LogP contribution in [0.1, 0.15) is 32.8 Å². The first-order valence-corrected chi connectivity index (χ1v) is 14.6. The quantitative estimate of drug-likeness (QED) is 0.315. The van der Waals surface area contributed by atoms with Crippen molar-refractivity contribution in [3.8, 4) is 5.75 Å². The third kappa shape index (κ3) is 7.97. The van der Waals surface area contributed by atoms with Crippen LogP contribution in [0.15, 0.2) is 83.8 Å². The number of carbonyl (C=O) groups excluding carboxylic acids is 2. The number of ether oxygens (including phenoxy) is 1. The van der Waals surface area contributed by atoms with Crippen molar-refractivity contribution in [2.75, 3.05) is 24.0 Å². The predicted molar refractivity (Wildman–Crippen MR) is 153 cm³/mol. The second-order valence-corrected chi connectivity index (χ2v) is 11.2. The molecule has 0 saturated heterocycles. The van der Waals surface area contributed by atoms with Gasteiger partial charge in [-0.2, -0.15) is 0 Å². The highest BCUT2D eigenvalue weighted by Gasteiger charge is 2.32. The Morgan fingerprint density at radius 2 is 1.67 bits per heavy atom. The Bertz CT molecular complexity index is 1350. The number of halogens is 1. The number of sulfonamides is 1. The fraction of sp³-hybridized carbons (Fsp3) is 0.310. The van der Waals surface area contributed by atoms with Gasteiger partial charge in [0.15, 0.2) is 0 Å². The summed E-state index contributed by atoms with van der Waals surface area (Å²) in [5, 5.41) is 3.31. The van der Waals surface area contributed by atoms with E-state index >= 15 is 0 Å². The first kappa shape index (κ1) is 30.0. The first-order valence-electron chi connectivity index (χ1n) is 12.8. The summed E-state index contributed by atoms with van der Waals surface area (Å²) in [5.41, 5.74) is 1.04. The first-order chi connectivity index (χ1) is 18.7. The Labute approximate surface area is 235 Å². The number of anilines is 1. The molecule has 10 heteroatoms. The summed E-state index contributed by atoms with van der Waals surface area (Å²) in [4.78, 5) is 28.1.